The highest BCUT2D eigenvalue weighted by molar-refractivity contribution is 5.60. The molecule has 0 heterocycles. The molecular formula is C8H8FNO. The van der Waals surface area contributed by atoms with Crippen molar-refractivity contribution in [1.82, 2.24) is 0 Å². The molecule has 0 saturated carbocycles. The van der Waals surface area contributed by atoms with E-state index in [1.807, 2.05) is 0 Å². The van der Waals surface area contributed by atoms with E-state index in [0.717, 1.165) is 0 Å². The lowest BCUT2D eigenvalue weighted by molar-refractivity contribution is -0.109. The molecule has 0 aromatic heterocycles. The first-order valence-electron chi connectivity index (χ1n) is 3.21. The van der Waals surface area contributed by atoms with Crippen LogP contribution in [-0.4, -0.2) is 6.29 Å². The van der Waals surface area contributed by atoms with Gasteiger partial charge in [-0.2, -0.15) is 0 Å². The number of hydrogen-bond acceptors (Lipinski definition) is 2. The van der Waals surface area contributed by atoms with Crippen molar-refractivity contribution in [2.24, 2.45) is 5.73 Å². The van der Waals surface area contributed by atoms with Crippen molar-refractivity contribution in [2.75, 3.05) is 0 Å². The van der Waals surface area contributed by atoms with Gasteiger partial charge in [-0.15, -0.1) is 0 Å². The molecule has 2 N–H and O–H groups in total. The molecule has 0 bridgehead atoms. The molecule has 2 nitrogen and oxygen atoms in total. The van der Waals surface area contributed by atoms with E-state index in [1.54, 1.807) is 12.1 Å². The predicted octanol–water partition coefficient (Wildman–Crippen LogP) is 1.02. The molecule has 1 atom stereocenters. The number of carbonyl (C=O) groups excluding carboxylic acids is 1. The van der Waals surface area contributed by atoms with Crippen LogP contribution in [0.5, 0.6) is 0 Å². The number of rotatable bonds is 2. The summed E-state index contributed by atoms with van der Waals surface area (Å²) in [5, 5.41) is 0. The van der Waals surface area contributed by atoms with E-state index in [1.165, 1.54) is 12.1 Å². The molecule has 0 spiro atoms. The zero-order chi connectivity index (χ0) is 8.27. The van der Waals surface area contributed by atoms with Crippen molar-refractivity contribution in [1.29, 1.82) is 0 Å². The number of benzene rings is 1. The summed E-state index contributed by atoms with van der Waals surface area (Å²) in [6.45, 7) is 0. The summed E-state index contributed by atoms with van der Waals surface area (Å²) in [6.07, 6.45) is 0.512. The summed E-state index contributed by atoms with van der Waals surface area (Å²) in [4.78, 5) is 10.2. The van der Waals surface area contributed by atoms with Gasteiger partial charge < -0.3 is 10.5 Å². The van der Waals surface area contributed by atoms with Gasteiger partial charge in [0.1, 0.15) is 12.1 Å². The van der Waals surface area contributed by atoms with Crippen molar-refractivity contribution in [3.63, 3.8) is 0 Å². The molecule has 3 heteroatoms. The molecule has 11 heavy (non-hydrogen) atoms. The molecule has 0 fully saturated rings. The number of hydrogen-bond donors (Lipinski definition) is 1. The maximum Gasteiger partial charge on any atom is 0.141 e. The Kier molecular flexibility index (Phi) is 2.33. The Morgan fingerprint density at radius 2 is 2.09 bits per heavy atom. The number of aldehydes is 1. The summed E-state index contributed by atoms with van der Waals surface area (Å²) in [6, 6.07) is 5.11. The fourth-order valence-electron chi connectivity index (χ4n) is 0.819. The van der Waals surface area contributed by atoms with Gasteiger partial charge in [-0.25, -0.2) is 4.39 Å². The van der Waals surface area contributed by atoms with Crippen molar-refractivity contribution < 1.29 is 9.18 Å². The zero-order valence-corrected chi connectivity index (χ0v) is 5.83. The molecule has 1 aromatic carbocycles. The fourth-order valence-corrected chi connectivity index (χ4v) is 0.819. The van der Waals surface area contributed by atoms with Crippen molar-refractivity contribution in [3.05, 3.63) is 35.6 Å². The first-order chi connectivity index (χ1) is 5.25. The largest absolute Gasteiger partial charge is 0.318 e. The third-order valence-electron chi connectivity index (χ3n) is 1.41. The minimum Gasteiger partial charge on any atom is -0.318 e. The van der Waals surface area contributed by atoms with Gasteiger partial charge in [0.25, 0.3) is 0 Å². The van der Waals surface area contributed by atoms with Crippen LogP contribution in [0.4, 0.5) is 4.39 Å². The van der Waals surface area contributed by atoms with Crippen molar-refractivity contribution in [3.8, 4) is 0 Å². The van der Waals surface area contributed by atoms with Gasteiger partial charge in [0.2, 0.25) is 0 Å². The highest BCUT2D eigenvalue weighted by Gasteiger charge is 2.07. The number of halogens is 1. The topological polar surface area (TPSA) is 43.1 Å². The lowest BCUT2D eigenvalue weighted by Gasteiger charge is -2.03. The van der Waals surface area contributed by atoms with Gasteiger partial charge in [0.05, 0.1) is 6.04 Å². The predicted molar refractivity (Wildman–Crippen MR) is 39.4 cm³/mol. The Morgan fingerprint density at radius 1 is 1.45 bits per heavy atom. The standard InChI is InChI=1S/C8H8FNO/c9-7-4-2-1-3-6(7)8(10)5-11/h1-5,8H,10H2. The van der Waals surface area contributed by atoms with Gasteiger partial charge in [0, 0.05) is 5.56 Å². The molecule has 0 aliphatic rings. The third-order valence-corrected chi connectivity index (χ3v) is 1.41. The van der Waals surface area contributed by atoms with Crippen LogP contribution in [0.1, 0.15) is 11.6 Å². The van der Waals surface area contributed by atoms with E-state index in [9.17, 15) is 9.18 Å². The first kappa shape index (κ1) is 7.88. The SMILES string of the molecule is NC(C=O)c1ccccc1F. The molecule has 0 saturated heterocycles. The Labute approximate surface area is 63.8 Å². The Hall–Kier alpha value is -1.22. The normalized spacial score (nSPS) is 12.5. The van der Waals surface area contributed by atoms with E-state index in [-0.39, 0.29) is 5.56 Å². The van der Waals surface area contributed by atoms with Crippen LogP contribution < -0.4 is 5.73 Å². The van der Waals surface area contributed by atoms with Crippen LogP contribution >= 0.6 is 0 Å². The quantitative estimate of drug-likeness (QED) is 0.644. The second-order valence-corrected chi connectivity index (χ2v) is 2.18. The van der Waals surface area contributed by atoms with Crippen molar-refractivity contribution in [2.45, 2.75) is 6.04 Å². The molecule has 0 amide bonds. The minimum atomic E-state index is -0.851. The number of carbonyl (C=O) groups is 1. The maximum atomic E-state index is 12.8. The zero-order valence-electron chi connectivity index (χ0n) is 5.83. The maximum absolute atomic E-state index is 12.8. The Morgan fingerprint density at radius 3 is 2.64 bits per heavy atom. The van der Waals surface area contributed by atoms with Crippen LogP contribution in [0.25, 0.3) is 0 Å². The molecule has 0 aliphatic carbocycles. The average Bonchev–Trinajstić information content (AvgIpc) is 2.04. The van der Waals surface area contributed by atoms with Gasteiger partial charge in [0.15, 0.2) is 0 Å². The molecule has 58 valence electrons. The third kappa shape index (κ3) is 1.62. The molecule has 0 aliphatic heterocycles. The minimum absolute atomic E-state index is 0.238. The highest BCUT2D eigenvalue weighted by atomic mass is 19.1. The molecule has 1 unspecified atom stereocenters. The van der Waals surface area contributed by atoms with E-state index in [2.05, 4.69) is 0 Å². The van der Waals surface area contributed by atoms with Crippen LogP contribution in [-0.2, 0) is 4.79 Å². The summed E-state index contributed by atoms with van der Waals surface area (Å²) in [5.41, 5.74) is 5.53. The highest BCUT2D eigenvalue weighted by Crippen LogP contribution is 2.11. The summed E-state index contributed by atoms with van der Waals surface area (Å²) in [7, 11) is 0. The van der Waals surface area contributed by atoms with Gasteiger partial charge in [-0.1, -0.05) is 18.2 Å². The second-order valence-electron chi connectivity index (χ2n) is 2.18. The van der Waals surface area contributed by atoms with E-state index in [4.69, 9.17) is 5.73 Å². The Bertz CT molecular complexity index is 262. The van der Waals surface area contributed by atoms with E-state index >= 15 is 0 Å². The van der Waals surface area contributed by atoms with Gasteiger partial charge in [-0.05, 0) is 6.07 Å². The van der Waals surface area contributed by atoms with E-state index in [0.29, 0.717) is 6.29 Å². The van der Waals surface area contributed by atoms with E-state index < -0.39 is 11.9 Å². The average molecular weight is 153 g/mol. The summed E-state index contributed by atoms with van der Waals surface area (Å²) in [5.74, 6) is -0.438. The van der Waals surface area contributed by atoms with Gasteiger partial charge >= 0.3 is 0 Å². The molecule has 0 radical (unpaired) electrons. The second kappa shape index (κ2) is 3.25. The molecule has 1 aromatic rings. The van der Waals surface area contributed by atoms with Crippen molar-refractivity contribution >= 4 is 6.29 Å². The van der Waals surface area contributed by atoms with Crippen LogP contribution in [0.3, 0.4) is 0 Å². The molecular weight excluding hydrogens is 145 g/mol. The first-order valence-corrected chi connectivity index (χ1v) is 3.21. The number of nitrogens with two attached hydrogens (primary N) is 1. The summed E-state index contributed by atoms with van der Waals surface area (Å²) < 4.78 is 12.8. The van der Waals surface area contributed by atoms with Gasteiger partial charge in [-0.3, -0.25) is 0 Å². The van der Waals surface area contributed by atoms with Crippen LogP contribution in [0.2, 0.25) is 0 Å². The lowest BCUT2D eigenvalue weighted by atomic mass is 10.1. The Balaban J connectivity index is 3.02. The van der Waals surface area contributed by atoms with Crippen LogP contribution in [0.15, 0.2) is 24.3 Å². The monoisotopic (exact) mass is 153 g/mol. The smallest absolute Gasteiger partial charge is 0.141 e. The summed E-state index contributed by atoms with van der Waals surface area (Å²) >= 11 is 0. The fraction of sp³-hybridized carbons (Fsp3) is 0.125. The molecule has 1 rings (SSSR count). The lowest BCUT2D eigenvalue weighted by Crippen LogP contribution is -2.12. The van der Waals surface area contributed by atoms with Crippen LogP contribution in [0, 0.1) is 5.82 Å².